The van der Waals surface area contributed by atoms with Crippen molar-refractivity contribution in [2.24, 2.45) is 13.0 Å². The third-order valence-electron chi connectivity index (χ3n) is 4.25. The molecule has 5 nitrogen and oxygen atoms in total. The largest absolute Gasteiger partial charge is 0.351 e. The summed E-state index contributed by atoms with van der Waals surface area (Å²) < 4.78 is 2.30. The highest BCUT2D eigenvalue weighted by molar-refractivity contribution is 8.26. The van der Waals surface area contributed by atoms with Crippen molar-refractivity contribution < 1.29 is 9.59 Å². The fraction of sp³-hybridized carbons (Fsp3) is 0.438. The molecule has 1 aromatic heterocycles. The number of hydrogen-bond donors (Lipinski definition) is 1. The number of rotatable bonds is 3. The minimum Gasteiger partial charge on any atom is -0.351 e. The van der Waals surface area contributed by atoms with Crippen LogP contribution in [-0.4, -0.2) is 25.7 Å². The van der Waals surface area contributed by atoms with E-state index in [0.717, 1.165) is 31.4 Å². The van der Waals surface area contributed by atoms with E-state index in [4.69, 9.17) is 12.2 Å². The number of hydrazine groups is 1. The van der Waals surface area contributed by atoms with Gasteiger partial charge in [0.25, 0.3) is 5.91 Å². The normalized spacial score (nSPS) is 21.3. The Balaban J connectivity index is 1.70. The summed E-state index contributed by atoms with van der Waals surface area (Å²) in [5.41, 5.74) is 3.63. The van der Waals surface area contributed by atoms with Crippen LogP contribution in [-0.2, 0) is 16.6 Å². The summed E-state index contributed by atoms with van der Waals surface area (Å²) in [4.78, 5) is 25.4. The molecular formula is C16H19N3O2S2. The molecule has 3 rings (SSSR count). The second-order valence-corrected chi connectivity index (χ2v) is 7.55. The molecule has 0 bridgehead atoms. The molecule has 1 aromatic rings. The first-order chi connectivity index (χ1) is 11.1. The van der Waals surface area contributed by atoms with E-state index in [9.17, 15) is 9.59 Å². The lowest BCUT2D eigenvalue weighted by Crippen LogP contribution is -2.47. The average molecular weight is 349 g/mol. The second kappa shape index (κ2) is 6.88. The van der Waals surface area contributed by atoms with Gasteiger partial charge in [0.15, 0.2) is 4.32 Å². The molecule has 0 aromatic carbocycles. The monoisotopic (exact) mass is 349 g/mol. The lowest BCUT2D eigenvalue weighted by atomic mass is 9.89. The predicted molar refractivity (Wildman–Crippen MR) is 95.1 cm³/mol. The third kappa shape index (κ3) is 3.50. The fourth-order valence-electron chi connectivity index (χ4n) is 2.89. The zero-order chi connectivity index (χ0) is 16.4. The van der Waals surface area contributed by atoms with Crippen molar-refractivity contribution >= 4 is 46.2 Å². The van der Waals surface area contributed by atoms with Gasteiger partial charge in [-0.15, -0.1) is 0 Å². The van der Waals surface area contributed by atoms with Crippen LogP contribution in [0, 0.1) is 5.92 Å². The quantitative estimate of drug-likeness (QED) is 0.673. The van der Waals surface area contributed by atoms with Gasteiger partial charge in [-0.3, -0.25) is 15.0 Å². The molecule has 2 heterocycles. The minimum atomic E-state index is -0.259. The van der Waals surface area contributed by atoms with Gasteiger partial charge in [0.1, 0.15) is 0 Å². The number of amides is 2. The topological polar surface area (TPSA) is 54.3 Å². The van der Waals surface area contributed by atoms with Crippen molar-refractivity contribution in [1.82, 2.24) is 15.0 Å². The Morgan fingerprint density at radius 3 is 2.78 bits per heavy atom. The molecule has 1 aliphatic heterocycles. The van der Waals surface area contributed by atoms with E-state index >= 15 is 0 Å². The maximum absolute atomic E-state index is 12.5. The van der Waals surface area contributed by atoms with Gasteiger partial charge >= 0.3 is 0 Å². The number of aromatic nitrogens is 1. The van der Waals surface area contributed by atoms with E-state index in [1.807, 2.05) is 29.9 Å². The van der Waals surface area contributed by atoms with Gasteiger partial charge in [0.05, 0.1) is 4.91 Å². The summed E-state index contributed by atoms with van der Waals surface area (Å²) in [7, 11) is 1.91. The van der Waals surface area contributed by atoms with Crippen LogP contribution in [0.5, 0.6) is 0 Å². The summed E-state index contributed by atoms with van der Waals surface area (Å²) in [6.45, 7) is 0. The van der Waals surface area contributed by atoms with Crippen LogP contribution in [0.2, 0.25) is 0 Å². The summed E-state index contributed by atoms with van der Waals surface area (Å²) in [6.07, 6.45) is 8.82. The van der Waals surface area contributed by atoms with E-state index < -0.39 is 0 Å². The zero-order valence-corrected chi connectivity index (χ0v) is 14.6. The van der Waals surface area contributed by atoms with Crippen molar-refractivity contribution in [3.05, 3.63) is 28.9 Å². The highest BCUT2D eigenvalue weighted by atomic mass is 32.2. The van der Waals surface area contributed by atoms with Crippen molar-refractivity contribution in [2.45, 2.75) is 32.1 Å². The molecular weight excluding hydrogens is 330 g/mol. The molecule has 2 aliphatic rings. The van der Waals surface area contributed by atoms with E-state index in [-0.39, 0.29) is 17.7 Å². The molecule has 23 heavy (non-hydrogen) atoms. The van der Waals surface area contributed by atoms with Crippen molar-refractivity contribution in [3.63, 3.8) is 0 Å². The Morgan fingerprint density at radius 2 is 2.13 bits per heavy atom. The Morgan fingerprint density at radius 1 is 1.39 bits per heavy atom. The van der Waals surface area contributed by atoms with Crippen LogP contribution in [0.4, 0.5) is 0 Å². The number of hydrogen-bond acceptors (Lipinski definition) is 4. The van der Waals surface area contributed by atoms with Crippen LogP contribution in [0.25, 0.3) is 6.08 Å². The molecule has 1 saturated carbocycles. The van der Waals surface area contributed by atoms with Crippen molar-refractivity contribution in [2.75, 3.05) is 0 Å². The van der Waals surface area contributed by atoms with Crippen molar-refractivity contribution in [1.29, 1.82) is 0 Å². The Hall–Kier alpha value is -1.60. The lowest BCUT2D eigenvalue weighted by molar-refractivity contribution is -0.136. The third-order valence-corrected chi connectivity index (χ3v) is 5.56. The van der Waals surface area contributed by atoms with E-state index in [0.29, 0.717) is 9.23 Å². The van der Waals surface area contributed by atoms with Gasteiger partial charge in [0, 0.05) is 24.9 Å². The van der Waals surface area contributed by atoms with Crippen LogP contribution in [0.3, 0.4) is 0 Å². The van der Waals surface area contributed by atoms with Gasteiger partial charge in [0.2, 0.25) is 5.91 Å². The standard InChI is InChI=1S/C16H19N3O2S2/c1-18-9-5-8-12(18)10-13-15(21)19(16(22)23-13)17-14(20)11-6-3-2-4-7-11/h5,8-11H,2-4,6-7H2,1H3,(H,17,20). The lowest BCUT2D eigenvalue weighted by Gasteiger charge is -2.23. The molecule has 0 unspecified atom stereocenters. The number of nitrogens with one attached hydrogen (secondary N) is 1. The van der Waals surface area contributed by atoms with Crippen LogP contribution in [0.15, 0.2) is 23.2 Å². The molecule has 0 spiro atoms. The molecule has 1 saturated heterocycles. The van der Waals surface area contributed by atoms with Gasteiger partial charge in [-0.1, -0.05) is 31.0 Å². The maximum atomic E-state index is 12.5. The number of carbonyl (C=O) groups is 2. The van der Waals surface area contributed by atoms with Gasteiger partial charge in [-0.25, -0.2) is 0 Å². The number of carbonyl (C=O) groups excluding carboxylic acids is 2. The summed E-state index contributed by atoms with van der Waals surface area (Å²) in [6, 6.07) is 3.84. The summed E-state index contributed by atoms with van der Waals surface area (Å²) in [5.74, 6) is -0.364. The first kappa shape index (κ1) is 16.3. The predicted octanol–water partition coefficient (Wildman–Crippen LogP) is 2.84. The van der Waals surface area contributed by atoms with Crippen molar-refractivity contribution in [3.8, 4) is 0 Å². The second-order valence-electron chi connectivity index (χ2n) is 5.87. The van der Waals surface area contributed by atoms with Gasteiger partial charge in [-0.05, 0) is 43.3 Å². The molecule has 0 atom stereocenters. The molecule has 1 aliphatic carbocycles. The van der Waals surface area contributed by atoms with E-state index in [1.165, 1.54) is 23.2 Å². The molecule has 2 fully saturated rings. The number of aryl methyl sites for hydroxylation is 1. The van der Waals surface area contributed by atoms with E-state index in [2.05, 4.69) is 5.43 Å². The Labute approximate surface area is 145 Å². The molecule has 122 valence electrons. The molecule has 0 radical (unpaired) electrons. The number of thioether (sulfide) groups is 1. The molecule has 1 N–H and O–H groups in total. The fourth-order valence-corrected chi connectivity index (χ4v) is 4.05. The Bertz CT molecular complexity index is 675. The maximum Gasteiger partial charge on any atom is 0.285 e. The van der Waals surface area contributed by atoms with Crippen LogP contribution in [0.1, 0.15) is 37.8 Å². The highest BCUT2D eigenvalue weighted by Gasteiger charge is 2.35. The van der Waals surface area contributed by atoms with E-state index in [1.54, 1.807) is 6.08 Å². The number of nitrogens with zero attached hydrogens (tertiary/aromatic N) is 2. The van der Waals surface area contributed by atoms with Crippen LogP contribution < -0.4 is 5.43 Å². The number of thiocarbonyl (C=S) groups is 1. The summed E-state index contributed by atoms with van der Waals surface area (Å²) >= 11 is 6.47. The molecule has 2 amide bonds. The molecule has 7 heteroatoms. The Kier molecular flexibility index (Phi) is 4.87. The highest BCUT2D eigenvalue weighted by Crippen LogP contribution is 2.32. The van der Waals surface area contributed by atoms with Gasteiger partial charge < -0.3 is 4.57 Å². The minimum absolute atomic E-state index is 0.00902. The van der Waals surface area contributed by atoms with Crippen LogP contribution >= 0.6 is 24.0 Å². The summed E-state index contributed by atoms with van der Waals surface area (Å²) in [5, 5.41) is 1.21. The zero-order valence-electron chi connectivity index (χ0n) is 12.9. The SMILES string of the molecule is Cn1cccc1C=C1SC(=S)N(NC(=O)C2CCCCC2)C1=O. The van der Waals surface area contributed by atoms with Gasteiger partial charge in [-0.2, -0.15) is 5.01 Å². The smallest absolute Gasteiger partial charge is 0.285 e. The first-order valence-corrected chi connectivity index (χ1v) is 8.98. The average Bonchev–Trinajstić information content (AvgIpc) is 3.07. The first-order valence-electron chi connectivity index (χ1n) is 7.76.